The summed E-state index contributed by atoms with van der Waals surface area (Å²) in [4.78, 5) is 31.9. The number of non-ortho nitro benzene ring substituents is 1. The lowest BCUT2D eigenvalue weighted by atomic mass is 10.1. The number of hydrogen-bond acceptors (Lipinski definition) is 8. The van der Waals surface area contributed by atoms with Gasteiger partial charge in [-0.1, -0.05) is 66.6 Å². The maximum Gasteiger partial charge on any atom is 0.373 e. The molecule has 0 fully saturated rings. The number of nitro benzene ring substituents is 1. The highest BCUT2D eigenvalue weighted by Crippen LogP contribution is 2.41. The number of thioether (sulfide) groups is 1. The molecular formula is C23H18Cl2N4O4S2. The van der Waals surface area contributed by atoms with Crippen LogP contribution in [0.2, 0.25) is 10.0 Å². The first-order valence-corrected chi connectivity index (χ1v) is 12.5. The Morgan fingerprint density at radius 2 is 1.83 bits per heavy atom. The molecule has 0 aliphatic heterocycles. The number of rotatable bonds is 6. The third-order valence-corrected chi connectivity index (χ3v) is 7.58. The summed E-state index contributed by atoms with van der Waals surface area (Å²) in [5, 5.41) is 17.8. The second-order valence-electron chi connectivity index (χ2n) is 7.39. The third kappa shape index (κ3) is 6.36. The first-order chi connectivity index (χ1) is 16.6. The lowest BCUT2D eigenvalue weighted by Crippen LogP contribution is -1.94. The predicted molar refractivity (Wildman–Crippen MR) is 138 cm³/mol. The first kappa shape index (κ1) is 26.6. The number of aromatic nitrogens is 3. The summed E-state index contributed by atoms with van der Waals surface area (Å²) < 4.78 is 2.78. The van der Waals surface area contributed by atoms with E-state index in [1.54, 1.807) is 34.6 Å². The number of carbonyl (C=O) groups excluding carboxylic acids is 2. The highest BCUT2D eigenvalue weighted by atomic mass is 35.5. The van der Waals surface area contributed by atoms with Gasteiger partial charge in [-0.25, -0.2) is 9.67 Å². The zero-order valence-corrected chi connectivity index (χ0v) is 21.8. The molecule has 4 rings (SSSR count). The number of benzene rings is 2. The standard InChI is InChI=1S/C22H18Cl2N4O2S2.CO2/c1-12(2)31-21-20(15-7-8-18(23)19(24)10-15)25-22(32-21)27-11-17(13(3)26-27)14-5-4-6-16(9-14)28(29)30;2-1-3/h4-12H,1-3H3;. The van der Waals surface area contributed by atoms with E-state index in [2.05, 4.69) is 18.9 Å². The minimum atomic E-state index is -0.400. The summed E-state index contributed by atoms with van der Waals surface area (Å²) in [6.07, 6.45) is 2.11. The maximum absolute atomic E-state index is 11.2. The van der Waals surface area contributed by atoms with Crippen LogP contribution in [0.5, 0.6) is 0 Å². The van der Waals surface area contributed by atoms with Gasteiger partial charge in [-0.3, -0.25) is 10.1 Å². The summed E-state index contributed by atoms with van der Waals surface area (Å²) in [6, 6.07) is 12.0. The summed E-state index contributed by atoms with van der Waals surface area (Å²) >= 11 is 15.6. The molecule has 0 unspecified atom stereocenters. The van der Waals surface area contributed by atoms with Gasteiger partial charge in [-0.15, -0.1) is 11.8 Å². The Labute approximate surface area is 219 Å². The molecule has 2 heterocycles. The number of halogens is 2. The molecule has 2 aromatic carbocycles. The number of hydrogen-bond donors (Lipinski definition) is 0. The summed E-state index contributed by atoms with van der Waals surface area (Å²) in [5.74, 6) is 0. The number of thiazole rings is 1. The molecule has 180 valence electrons. The van der Waals surface area contributed by atoms with Crippen LogP contribution in [0.1, 0.15) is 19.5 Å². The molecule has 0 spiro atoms. The van der Waals surface area contributed by atoms with Gasteiger partial charge in [0.1, 0.15) is 0 Å². The maximum atomic E-state index is 11.2. The molecule has 0 saturated heterocycles. The van der Waals surface area contributed by atoms with Crippen LogP contribution in [0.15, 0.2) is 52.9 Å². The fraction of sp³-hybridized carbons (Fsp3) is 0.174. The zero-order chi connectivity index (χ0) is 25.7. The monoisotopic (exact) mass is 548 g/mol. The van der Waals surface area contributed by atoms with E-state index in [9.17, 15) is 10.1 Å². The number of nitrogens with zero attached hydrogens (tertiary/aromatic N) is 4. The van der Waals surface area contributed by atoms with Crippen LogP contribution >= 0.6 is 46.3 Å². The molecule has 0 saturated carbocycles. The average Bonchev–Trinajstić information content (AvgIpc) is 3.39. The van der Waals surface area contributed by atoms with Gasteiger partial charge in [0.15, 0.2) is 0 Å². The van der Waals surface area contributed by atoms with Crippen LogP contribution in [0, 0.1) is 17.0 Å². The van der Waals surface area contributed by atoms with Crippen LogP contribution in [0.3, 0.4) is 0 Å². The van der Waals surface area contributed by atoms with Crippen molar-refractivity contribution in [2.24, 2.45) is 0 Å². The summed E-state index contributed by atoms with van der Waals surface area (Å²) in [5.41, 5.74) is 4.07. The molecule has 0 bridgehead atoms. The van der Waals surface area contributed by atoms with Gasteiger partial charge in [-0.05, 0) is 24.6 Å². The van der Waals surface area contributed by atoms with Gasteiger partial charge >= 0.3 is 6.15 Å². The lowest BCUT2D eigenvalue weighted by Gasteiger charge is -2.05. The van der Waals surface area contributed by atoms with Crippen LogP contribution in [-0.4, -0.2) is 31.1 Å². The molecule has 0 N–H and O–H groups in total. The van der Waals surface area contributed by atoms with E-state index in [1.807, 2.05) is 31.3 Å². The number of nitro groups is 1. The smallest absolute Gasteiger partial charge is 0.258 e. The first-order valence-electron chi connectivity index (χ1n) is 10.1. The van der Waals surface area contributed by atoms with E-state index in [0.29, 0.717) is 20.4 Å². The van der Waals surface area contributed by atoms with E-state index in [1.165, 1.54) is 17.4 Å². The van der Waals surface area contributed by atoms with E-state index in [4.69, 9.17) is 37.8 Å². The fourth-order valence-corrected chi connectivity index (χ4v) is 5.89. The molecule has 12 heteroatoms. The van der Waals surface area contributed by atoms with E-state index < -0.39 is 4.92 Å². The molecule has 2 aromatic heterocycles. The SMILES string of the molecule is Cc1nn(-c2nc(-c3ccc(Cl)c(Cl)c3)c(SC(C)C)s2)cc1-c1cccc([N+](=O)[O-])c1.O=C=O. The summed E-state index contributed by atoms with van der Waals surface area (Å²) in [7, 11) is 0. The van der Waals surface area contributed by atoms with Gasteiger partial charge < -0.3 is 0 Å². The van der Waals surface area contributed by atoms with Crippen molar-refractivity contribution in [1.82, 2.24) is 14.8 Å². The second kappa shape index (κ2) is 11.6. The van der Waals surface area contributed by atoms with Gasteiger partial charge in [0.2, 0.25) is 5.13 Å². The van der Waals surface area contributed by atoms with Gasteiger partial charge in [-0.2, -0.15) is 14.7 Å². The van der Waals surface area contributed by atoms with E-state index in [0.717, 1.165) is 32.3 Å². The molecule has 0 amide bonds. The van der Waals surface area contributed by atoms with Crippen molar-refractivity contribution < 1.29 is 14.5 Å². The molecule has 4 aromatic rings. The van der Waals surface area contributed by atoms with E-state index in [-0.39, 0.29) is 11.8 Å². The predicted octanol–water partition coefficient (Wildman–Crippen LogP) is 7.10. The second-order valence-corrected chi connectivity index (χ2v) is 11.0. The average molecular weight is 549 g/mol. The zero-order valence-electron chi connectivity index (χ0n) is 18.7. The topological polar surface area (TPSA) is 108 Å². The molecule has 35 heavy (non-hydrogen) atoms. The quantitative estimate of drug-likeness (QED) is 0.143. The highest BCUT2D eigenvalue weighted by Gasteiger charge is 2.19. The lowest BCUT2D eigenvalue weighted by molar-refractivity contribution is -0.384. The van der Waals surface area contributed by atoms with Gasteiger partial charge in [0.05, 0.1) is 30.6 Å². The Kier molecular flexibility index (Phi) is 8.82. The summed E-state index contributed by atoms with van der Waals surface area (Å²) in [6.45, 7) is 6.13. The largest absolute Gasteiger partial charge is 0.373 e. The van der Waals surface area contributed by atoms with Crippen molar-refractivity contribution >= 4 is 58.1 Å². The van der Waals surface area contributed by atoms with Crippen molar-refractivity contribution in [2.75, 3.05) is 0 Å². The molecule has 0 radical (unpaired) electrons. The van der Waals surface area contributed by atoms with Crippen molar-refractivity contribution in [2.45, 2.75) is 30.2 Å². The van der Waals surface area contributed by atoms with E-state index >= 15 is 0 Å². The van der Waals surface area contributed by atoms with Crippen molar-refractivity contribution in [3.63, 3.8) is 0 Å². The molecular weight excluding hydrogens is 531 g/mol. The highest BCUT2D eigenvalue weighted by molar-refractivity contribution is 8.01. The molecule has 0 aliphatic carbocycles. The number of aryl methyl sites for hydroxylation is 1. The van der Waals surface area contributed by atoms with Crippen molar-refractivity contribution in [1.29, 1.82) is 0 Å². The molecule has 0 aliphatic rings. The van der Waals surface area contributed by atoms with Crippen LogP contribution < -0.4 is 0 Å². The van der Waals surface area contributed by atoms with Crippen molar-refractivity contribution in [3.05, 3.63) is 74.5 Å². The third-order valence-electron chi connectivity index (χ3n) is 4.58. The minimum absolute atomic E-state index is 0.0430. The van der Waals surface area contributed by atoms with Crippen LogP contribution in [0.25, 0.3) is 27.5 Å². The normalized spacial score (nSPS) is 10.6. The van der Waals surface area contributed by atoms with Crippen LogP contribution in [0.4, 0.5) is 5.69 Å². The van der Waals surface area contributed by atoms with Crippen molar-refractivity contribution in [3.8, 4) is 27.5 Å². The Hall–Kier alpha value is -3.01. The fourth-order valence-electron chi connectivity index (χ4n) is 3.14. The Morgan fingerprint density at radius 1 is 1.11 bits per heavy atom. The Morgan fingerprint density at radius 3 is 2.46 bits per heavy atom. The minimum Gasteiger partial charge on any atom is -0.258 e. The van der Waals surface area contributed by atoms with Gasteiger partial charge in [0, 0.05) is 34.7 Å². The Bertz CT molecular complexity index is 1410. The van der Waals surface area contributed by atoms with Gasteiger partial charge in [0.25, 0.3) is 5.69 Å². The van der Waals surface area contributed by atoms with Crippen LogP contribution in [-0.2, 0) is 9.59 Å². The molecule has 0 atom stereocenters. The Balaban J connectivity index is 0.00000108. The molecule has 8 nitrogen and oxygen atoms in total.